The average molecular weight is 300 g/mol. The minimum atomic E-state index is -0.964. The van der Waals surface area contributed by atoms with Gasteiger partial charge in [-0.2, -0.15) is 0 Å². The molecule has 0 saturated carbocycles. The molecule has 118 valence electrons. The van der Waals surface area contributed by atoms with Crippen LogP contribution in [0, 0.1) is 5.92 Å². The number of hydrogen-bond acceptors (Lipinski definition) is 6. The van der Waals surface area contributed by atoms with Crippen LogP contribution in [0.2, 0.25) is 0 Å². The van der Waals surface area contributed by atoms with Crippen LogP contribution in [0.15, 0.2) is 0 Å². The molecule has 2 amide bonds. The van der Waals surface area contributed by atoms with Crippen LogP contribution in [0.5, 0.6) is 0 Å². The van der Waals surface area contributed by atoms with Gasteiger partial charge in [-0.25, -0.2) is 4.79 Å². The lowest BCUT2D eigenvalue weighted by atomic mass is 10.0. The molecular formula is C13H20N2O6. The number of amides is 2. The van der Waals surface area contributed by atoms with E-state index in [1.54, 1.807) is 6.92 Å². The van der Waals surface area contributed by atoms with E-state index in [9.17, 15) is 19.2 Å². The van der Waals surface area contributed by atoms with Crippen molar-refractivity contribution >= 4 is 23.8 Å². The molecule has 0 aromatic heterocycles. The fourth-order valence-corrected chi connectivity index (χ4v) is 2.09. The van der Waals surface area contributed by atoms with Gasteiger partial charge in [0.2, 0.25) is 11.8 Å². The Morgan fingerprint density at radius 1 is 1.29 bits per heavy atom. The van der Waals surface area contributed by atoms with Gasteiger partial charge in [0.25, 0.3) is 0 Å². The molecule has 0 spiro atoms. The second-order valence-corrected chi connectivity index (χ2v) is 4.90. The first-order valence-electron chi connectivity index (χ1n) is 6.64. The van der Waals surface area contributed by atoms with Gasteiger partial charge in [0.15, 0.2) is 0 Å². The summed E-state index contributed by atoms with van der Waals surface area (Å²) in [5.41, 5.74) is 0. The third-order valence-corrected chi connectivity index (χ3v) is 3.31. The fourth-order valence-electron chi connectivity index (χ4n) is 2.09. The van der Waals surface area contributed by atoms with Gasteiger partial charge in [-0.15, -0.1) is 0 Å². The van der Waals surface area contributed by atoms with Crippen molar-refractivity contribution in [1.29, 1.82) is 0 Å². The Balaban J connectivity index is 2.65. The maximum atomic E-state index is 12.0. The highest BCUT2D eigenvalue weighted by atomic mass is 16.5. The standard InChI is InChI=1S/C13H20N2O6/c1-7(12(18)20-2)6-9(13(19)21-3)15-11(17)8-4-5-10(16)14-8/h7-9H,4-6H2,1-3H3,(H,14,16)(H,15,17)/t7-,8-,9-/m1/s1. The van der Waals surface area contributed by atoms with Gasteiger partial charge < -0.3 is 20.1 Å². The SMILES string of the molecule is COC(=O)[C@H](C)C[C@@H](NC(=O)[C@H]1CCC(=O)N1)C(=O)OC. The van der Waals surface area contributed by atoms with E-state index in [-0.39, 0.29) is 18.7 Å². The van der Waals surface area contributed by atoms with E-state index in [2.05, 4.69) is 20.1 Å². The lowest BCUT2D eigenvalue weighted by molar-refractivity contribution is -0.149. The maximum Gasteiger partial charge on any atom is 0.328 e. The molecule has 0 aromatic carbocycles. The second-order valence-electron chi connectivity index (χ2n) is 4.90. The van der Waals surface area contributed by atoms with Gasteiger partial charge in [-0.05, 0) is 12.8 Å². The minimum absolute atomic E-state index is 0.0613. The smallest absolute Gasteiger partial charge is 0.328 e. The second kappa shape index (κ2) is 7.61. The highest BCUT2D eigenvalue weighted by Gasteiger charge is 2.32. The zero-order chi connectivity index (χ0) is 16.0. The molecule has 0 aromatic rings. The summed E-state index contributed by atoms with van der Waals surface area (Å²) in [4.78, 5) is 46.2. The lowest BCUT2D eigenvalue weighted by Gasteiger charge is -2.21. The number of esters is 2. The normalized spacial score (nSPS) is 20.1. The number of nitrogens with one attached hydrogen (secondary N) is 2. The predicted molar refractivity (Wildman–Crippen MR) is 70.9 cm³/mol. The molecule has 8 heteroatoms. The van der Waals surface area contributed by atoms with Crippen molar-refractivity contribution in [3.05, 3.63) is 0 Å². The van der Waals surface area contributed by atoms with Crippen LogP contribution in [0.3, 0.4) is 0 Å². The highest BCUT2D eigenvalue weighted by Crippen LogP contribution is 2.11. The van der Waals surface area contributed by atoms with Crippen molar-refractivity contribution in [3.8, 4) is 0 Å². The molecule has 0 aliphatic carbocycles. The number of carbonyl (C=O) groups is 4. The van der Waals surface area contributed by atoms with Crippen LogP contribution in [-0.2, 0) is 28.7 Å². The zero-order valence-corrected chi connectivity index (χ0v) is 12.3. The van der Waals surface area contributed by atoms with Crippen molar-refractivity contribution in [3.63, 3.8) is 0 Å². The monoisotopic (exact) mass is 300 g/mol. The third kappa shape index (κ3) is 4.73. The molecule has 3 atom stereocenters. The molecule has 8 nitrogen and oxygen atoms in total. The summed E-state index contributed by atoms with van der Waals surface area (Å²) in [5, 5.41) is 5.01. The number of rotatable bonds is 6. The minimum Gasteiger partial charge on any atom is -0.469 e. The van der Waals surface area contributed by atoms with Crippen molar-refractivity contribution in [1.82, 2.24) is 10.6 Å². The predicted octanol–water partition coefficient (Wildman–Crippen LogP) is -0.878. The molecule has 21 heavy (non-hydrogen) atoms. The molecule has 1 saturated heterocycles. The number of methoxy groups -OCH3 is 2. The molecule has 0 bridgehead atoms. The molecule has 0 unspecified atom stereocenters. The molecule has 1 aliphatic heterocycles. The van der Waals surface area contributed by atoms with Crippen molar-refractivity contribution in [2.45, 2.75) is 38.3 Å². The zero-order valence-electron chi connectivity index (χ0n) is 12.3. The Hall–Kier alpha value is -2.12. The van der Waals surface area contributed by atoms with Crippen molar-refractivity contribution < 1.29 is 28.7 Å². The summed E-state index contributed by atoms with van der Waals surface area (Å²) in [6, 6.07) is -1.62. The average Bonchev–Trinajstić information content (AvgIpc) is 2.91. The Bertz CT molecular complexity index is 436. The van der Waals surface area contributed by atoms with Crippen molar-refractivity contribution in [2.75, 3.05) is 14.2 Å². The third-order valence-electron chi connectivity index (χ3n) is 3.31. The van der Waals surface area contributed by atoms with Crippen LogP contribution in [0.1, 0.15) is 26.2 Å². The van der Waals surface area contributed by atoms with Crippen molar-refractivity contribution in [2.24, 2.45) is 5.92 Å². The summed E-state index contributed by atoms with van der Waals surface area (Å²) >= 11 is 0. The van der Waals surface area contributed by atoms with Gasteiger partial charge in [-0.3, -0.25) is 14.4 Å². The largest absolute Gasteiger partial charge is 0.469 e. The molecule has 1 fully saturated rings. The molecule has 1 heterocycles. The number of carbonyl (C=O) groups excluding carboxylic acids is 4. The van der Waals surface area contributed by atoms with E-state index < -0.39 is 35.8 Å². The Morgan fingerprint density at radius 2 is 1.90 bits per heavy atom. The van der Waals surface area contributed by atoms with Gasteiger partial charge in [-0.1, -0.05) is 6.92 Å². The van der Waals surface area contributed by atoms with Crippen LogP contribution < -0.4 is 10.6 Å². The topological polar surface area (TPSA) is 111 Å². The summed E-state index contributed by atoms with van der Waals surface area (Å²) in [6.45, 7) is 1.59. The van der Waals surface area contributed by atoms with E-state index in [1.165, 1.54) is 14.2 Å². The summed E-state index contributed by atoms with van der Waals surface area (Å²) in [7, 11) is 2.44. The fraction of sp³-hybridized carbons (Fsp3) is 0.692. The van der Waals surface area contributed by atoms with Gasteiger partial charge in [0.05, 0.1) is 20.1 Å². The van der Waals surface area contributed by atoms with Crippen LogP contribution >= 0.6 is 0 Å². The molecular weight excluding hydrogens is 280 g/mol. The van der Waals surface area contributed by atoms with Gasteiger partial charge in [0.1, 0.15) is 12.1 Å². The molecule has 0 radical (unpaired) electrons. The van der Waals surface area contributed by atoms with Gasteiger partial charge in [0, 0.05) is 6.42 Å². The molecule has 2 N–H and O–H groups in total. The van der Waals surface area contributed by atoms with Crippen LogP contribution in [0.4, 0.5) is 0 Å². The Morgan fingerprint density at radius 3 is 2.38 bits per heavy atom. The molecule has 1 aliphatic rings. The van der Waals surface area contributed by atoms with E-state index in [4.69, 9.17) is 0 Å². The first-order valence-corrected chi connectivity index (χ1v) is 6.64. The lowest BCUT2D eigenvalue weighted by Crippen LogP contribution is -2.50. The van der Waals surface area contributed by atoms with Gasteiger partial charge >= 0.3 is 11.9 Å². The van der Waals surface area contributed by atoms with E-state index in [0.717, 1.165) is 0 Å². The summed E-state index contributed by atoms with van der Waals surface area (Å²) in [5.74, 6) is -2.37. The van der Waals surface area contributed by atoms with E-state index in [0.29, 0.717) is 6.42 Å². The number of hydrogen-bond donors (Lipinski definition) is 2. The Labute approximate surface area is 122 Å². The molecule has 1 rings (SSSR count). The summed E-state index contributed by atoms with van der Waals surface area (Å²) < 4.78 is 9.20. The van der Waals surface area contributed by atoms with Crippen LogP contribution in [0.25, 0.3) is 0 Å². The Kier molecular flexibility index (Phi) is 6.13. The first kappa shape index (κ1) is 16.9. The summed E-state index contributed by atoms with van der Waals surface area (Å²) in [6.07, 6.45) is 0.719. The highest BCUT2D eigenvalue weighted by molar-refractivity contribution is 5.93. The first-order chi connectivity index (χ1) is 9.88. The quantitative estimate of drug-likeness (QED) is 0.616. The van der Waals surface area contributed by atoms with Crippen LogP contribution in [-0.4, -0.2) is 50.1 Å². The number of ether oxygens (including phenoxy) is 2. The van der Waals surface area contributed by atoms with E-state index in [1.807, 2.05) is 0 Å². The maximum absolute atomic E-state index is 12.0. The van der Waals surface area contributed by atoms with E-state index >= 15 is 0 Å².